The maximum atomic E-state index is 13.3. The lowest BCUT2D eigenvalue weighted by Gasteiger charge is -2.44. The number of ketones is 2. The maximum absolute atomic E-state index is 13.3. The number of benzene rings is 2. The zero-order valence-electron chi connectivity index (χ0n) is 29.6. The lowest BCUT2D eigenvalue weighted by molar-refractivity contribution is -0.306. The third-order valence-corrected chi connectivity index (χ3v) is 8.16. The van der Waals surface area contributed by atoms with Crippen LogP contribution in [0.2, 0.25) is 0 Å². The number of carbonyl (C=O) groups is 6. The number of ether oxygens (including phenoxy) is 6. The normalized spacial score (nSPS) is 20.7. The van der Waals surface area contributed by atoms with Crippen LogP contribution in [-0.4, -0.2) is 79.4 Å². The quantitative estimate of drug-likeness (QED) is 0.116. The van der Waals surface area contributed by atoms with E-state index in [2.05, 4.69) is 0 Å². The van der Waals surface area contributed by atoms with Crippen LogP contribution in [0.4, 0.5) is 0 Å². The van der Waals surface area contributed by atoms with Crippen molar-refractivity contribution in [1.82, 2.24) is 0 Å². The topological polar surface area (TPSA) is 158 Å². The monoisotopic (exact) mass is 696 g/mol. The summed E-state index contributed by atoms with van der Waals surface area (Å²) in [5.41, 5.74) is 1.99. The Hall–Kier alpha value is -4.42. The first-order valence-corrected chi connectivity index (χ1v) is 17.1. The summed E-state index contributed by atoms with van der Waals surface area (Å²) in [6, 6.07) is 16.2. The predicted molar refractivity (Wildman–Crippen MR) is 180 cm³/mol. The number of hydrogen-bond acceptors (Lipinski definition) is 12. The Bertz CT molecular complexity index is 1450. The Labute approximate surface area is 293 Å². The molecule has 2 aromatic carbocycles. The molecule has 0 N–H and O–H groups in total. The van der Waals surface area contributed by atoms with E-state index in [0.717, 1.165) is 11.1 Å². The first kappa shape index (κ1) is 40.0. The minimum atomic E-state index is -1.48. The highest BCUT2D eigenvalue weighted by molar-refractivity contribution is 5.97. The Morgan fingerprint density at radius 2 is 1.22 bits per heavy atom. The molecule has 12 nitrogen and oxygen atoms in total. The molecule has 0 bridgehead atoms. The van der Waals surface area contributed by atoms with Crippen LogP contribution in [0, 0.1) is 5.92 Å². The van der Waals surface area contributed by atoms with Crippen LogP contribution in [-0.2, 0) is 58.8 Å². The van der Waals surface area contributed by atoms with Gasteiger partial charge in [-0.2, -0.15) is 0 Å². The second-order valence-electron chi connectivity index (χ2n) is 12.2. The predicted octanol–water partition coefficient (Wildman–Crippen LogP) is 5.08. The van der Waals surface area contributed by atoms with Gasteiger partial charge in [-0.3, -0.25) is 28.8 Å². The summed E-state index contributed by atoms with van der Waals surface area (Å²) in [6.45, 7) is 9.35. The van der Waals surface area contributed by atoms with Crippen molar-refractivity contribution in [3.05, 3.63) is 71.3 Å². The summed E-state index contributed by atoms with van der Waals surface area (Å²) < 4.78 is 34.0. The smallest absolute Gasteiger partial charge is 0.306 e. The van der Waals surface area contributed by atoms with Gasteiger partial charge in [0.05, 0.1) is 0 Å². The molecule has 2 aromatic rings. The molecule has 12 heteroatoms. The summed E-state index contributed by atoms with van der Waals surface area (Å²) in [6.07, 6.45) is -6.74. The van der Waals surface area contributed by atoms with E-state index in [-0.39, 0.29) is 49.7 Å². The van der Waals surface area contributed by atoms with Crippen molar-refractivity contribution in [1.29, 1.82) is 0 Å². The van der Waals surface area contributed by atoms with Gasteiger partial charge < -0.3 is 28.4 Å². The number of Topliss-reactive ketones (excluding diaryl/α,β-unsaturated/α-hetero) is 2. The standard InChI is InChI=1S/C38H48O12/c1-7-30(41)45-22-29-35(48-31(42)8-2)36(49-32(43)9-3)37(50-33(44)10-4)38(47-29)46-21-28(40)25-18-16-24(17-19-25)20-27(39)34(23(5)6)26-14-12-11-13-15-26/h11-19,23,29,34-38H,7-10,20-22H2,1-6H3/t29-,34+,35+,36+,37-,38-/m1/s1. The Balaban J connectivity index is 1.82. The summed E-state index contributed by atoms with van der Waals surface area (Å²) in [7, 11) is 0. The second kappa shape index (κ2) is 19.7. The van der Waals surface area contributed by atoms with Gasteiger partial charge in [-0.05, 0) is 17.0 Å². The SMILES string of the molecule is CCC(=O)OC[C@H]1O[C@@H](OCC(=O)c2ccc(CC(=O)[C@H](c3ccccc3)C(C)C)cc2)[C@H](OC(=O)CC)[C@@H](OC(=O)CC)[C@H]1OC(=O)CC. The van der Waals surface area contributed by atoms with Crippen molar-refractivity contribution >= 4 is 35.4 Å². The number of rotatable bonds is 18. The van der Waals surface area contributed by atoms with Crippen LogP contribution < -0.4 is 0 Å². The van der Waals surface area contributed by atoms with Crippen LogP contribution in [0.5, 0.6) is 0 Å². The minimum absolute atomic E-state index is 0.0292. The molecule has 1 saturated heterocycles. The lowest BCUT2D eigenvalue weighted by atomic mass is 9.83. The van der Waals surface area contributed by atoms with Crippen LogP contribution in [0.1, 0.15) is 94.6 Å². The molecule has 6 atom stereocenters. The van der Waals surface area contributed by atoms with Crippen molar-refractivity contribution in [3.8, 4) is 0 Å². The molecule has 1 aliphatic heterocycles. The van der Waals surface area contributed by atoms with Crippen molar-refractivity contribution in [2.45, 2.75) is 110 Å². The van der Waals surface area contributed by atoms with Gasteiger partial charge in [0.1, 0.15) is 25.1 Å². The highest BCUT2D eigenvalue weighted by atomic mass is 16.7. The van der Waals surface area contributed by atoms with E-state index in [1.807, 2.05) is 44.2 Å². The van der Waals surface area contributed by atoms with E-state index in [1.165, 1.54) is 0 Å². The summed E-state index contributed by atoms with van der Waals surface area (Å²) in [4.78, 5) is 76.1. The van der Waals surface area contributed by atoms with Crippen LogP contribution in [0.25, 0.3) is 0 Å². The van der Waals surface area contributed by atoms with Crippen molar-refractivity contribution in [2.75, 3.05) is 13.2 Å². The average Bonchev–Trinajstić information content (AvgIpc) is 3.11. The summed E-state index contributed by atoms with van der Waals surface area (Å²) in [5.74, 6) is -3.16. The molecule has 0 amide bonds. The van der Waals surface area contributed by atoms with Crippen LogP contribution in [0.3, 0.4) is 0 Å². The Morgan fingerprint density at radius 3 is 1.76 bits per heavy atom. The van der Waals surface area contributed by atoms with Gasteiger partial charge in [-0.1, -0.05) is 96.1 Å². The fraction of sp³-hybridized carbons (Fsp3) is 0.526. The van der Waals surface area contributed by atoms with Gasteiger partial charge in [-0.15, -0.1) is 0 Å². The molecule has 0 spiro atoms. The highest BCUT2D eigenvalue weighted by Crippen LogP contribution is 2.31. The fourth-order valence-corrected chi connectivity index (χ4v) is 5.49. The third kappa shape index (κ3) is 11.3. The molecule has 0 aliphatic carbocycles. The molecule has 50 heavy (non-hydrogen) atoms. The largest absolute Gasteiger partial charge is 0.463 e. The third-order valence-electron chi connectivity index (χ3n) is 8.16. The average molecular weight is 697 g/mol. The second-order valence-corrected chi connectivity index (χ2v) is 12.2. The van der Waals surface area contributed by atoms with Crippen LogP contribution in [0.15, 0.2) is 54.6 Å². The summed E-state index contributed by atoms with van der Waals surface area (Å²) >= 11 is 0. The minimum Gasteiger partial charge on any atom is -0.463 e. The van der Waals surface area contributed by atoms with Crippen molar-refractivity contribution < 1.29 is 57.2 Å². The molecule has 0 aromatic heterocycles. The molecule has 0 radical (unpaired) electrons. The number of hydrogen-bond donors (Lipinski definition) is 0. The van der Waals surface area contributed by atoms with Gasteiger partial charge >= 0.3 is 23.9 Å². The van der Waals surface area contributed by atoms with Crippen molar-refractivity contribution in [2.24, 2.45) is 5.92 Å². The molecule has 0 unspecified atom stereocenters. The molecule has 1 fully saturated rings. The van der Waals surface area contributed by atoms with Crippen molar-refractivity contribution in [3.63, 3.8) is 0 Å². The van der Waals surface area contributed by atoms with E-state index in [1.54, 1.807) is 52.0 Å². The van der Waals surface area contributed by atoms with E-state index in [9.17, 15) is 28.8 Å². The molecule has 272 valence electrons. The number of carbonyl (C=O) groups excluding carboxylic acids is 6. The zero-order valence-corrected chi connectivity index (χ0v) is 29.6. The summed E-state index contributed by atoms with van der Waals surface area (Å²) in [5, 5.41) is 0. The van der Waals surface area contributed by atoms with Gasteiger partial charge in [-0.25, -0.2) is 0 Å². The molecule has 1 heterocycles. The van der Waals surface area contributed by atoms with E-state index in [4.69, 9.17) is 28.4 Å². The molecular weight excluding hydrogens is 648 g/mol. The first-order valence-electron chi connectivity index (χ1n) is 17.1. The lowest BCUT2D eigenvalue weighted by Crippen LogP contribution is -2.63. The first-order chi connectivity index (χ1) is 23.9. The Morgan fingerprint density at radius 1 is 0.680 bits per heavy atom. The fourth-order valence-electron chi connectivity index (χ4n) is 5.49. The van der Waals surface area contributed by atoms with Crippen LogP contribution >= 0.6 is 0 Å². The molecular formula is C38H48O12. The van der Waals surface area contributed by atoms with Gasteiger partial charge in [0.15, 0.2) is 30.4 Å². The maximum Gasteiger partial charge on any atom is 0.306 e. The molecule has 3 rings (SSSR count). The van der Waals surface area contributed by atoms with Gasteiger partial charge in [0.2, 0.25) is 0 Å². The van der Waals surface area contributed by atoms with E-state index >= 15 is 0 Å². The highest BCUT2D eigenvalue weighted by Gasteiger charge is 2.53. The van der Waals surface area contributed by atoms with Gasteiger partial charge in [0.25, 0.3) is 0 Å². The zero-order chi connectivity index (χ0) is 36.8. The van der Waals surface area contributed by atoms with E-state index in [0.29, 0.717) is 5.56 Å². The molecule has 1 aliphatic rings. The van der Waals surface area contributed by atoms with E-state index < -0.39 is 73.6 Å². The Kier molecular flexibility index (Phi) is 15.8. The van der Waals surface area contributed by atoms with Gasteiger partial charge in [0, 0.05) is 43.6 Å². The number of esters is 4. The molecule has 0 saturated carbocycles.